The number of hydrogen-bond donors (Lipinski definition) is 1. The maximum Gasteiger partial charge on any atom is 0.387 e. The van der Waals surface area contributed by atoms with Gasteiger partial charge in [0.05, 0.1) is 10.0 Å². The Hall–Kier alpha value is -1.36. The molecule has 0 saturated carbocycles. The highest BCUT2D eigenvalue weighted by molar-refractivity contribution is 6.42. The fourth-order valence-corrected chi connectivity index (χ4v) is 2.11. The van der Waals surface area contributed by atoms with Gasteiger partial charge < -0.3 is 10.1 Å². The molecule has 0 bridgehead atoms. The minimum Gasteiger partial charge on any atom is -0.435 e. The van der Waals surface area contributed by atoms with Gasteiger partial charge in [-0.15, -0.1) is 0 Å². The number of ether oxygens (including phenoxy) is 1. The third-order valence-electron chi connectivity index (χ3n) is 2.79. The molecule has 0 spiro atoms. The van der Waals surface area contributed by atoms with Crippen LogP contribution in [0.25, 0.3) is 0 Å². The minimum atomic E-state index is -2.80. The first-order valence-corrected chi connectivity index (χ1v) is 6.98. The van der Waals surface area contributed by atoms with Crippen LogP contribution in [0.2, 0.25) is 10.0 Å². The van der Waals surface area contributed by atoms with E-state index in [0.717, 1.165) is 11.1 Å². The van der Waals surface area contributed by atoms with E-state index >= 15 is 0 Å². The number of benzene rings is 2. The summed E-state index contributed by atoms with van der Waals surface area (Å²) in [6.45, 7) is -1.56. The summed E-state index contributed by atoms with van der Waals surface area (Å²) in [4.78, 5) is 0. The van der Waals surface area contributed by atoms with Crippen LogP contribution in [0.5, 0.6) is 5.75 Å². The van der Waals surface area contributed by atoms with Crippen LogP contribution in [0.1, 0.15) is 11.1 Å². The summed E-state index contributed by atoms with van der Waals surface area (Å²) in [7, 11) is 0. The van der Waals surface area contributed by atoms with Gasteiger partial charge in [-0.2, -0.15) is 8.78 Å². The third kappa shape index (κ3) is 5.16. The summed E-state index contributed by atoms with van der Waals surface area (Å²) in [5, 5.41) is 4.28. The molecule has 0 aliphatic carbocycles. The van der Waals surface area contributed by atoms with Gasteiger partial charge >= 0.3 is 6.61 Å². The SMILES string of the molecule is FC(F)Oc1ccc(CNCc2ccc(Cl)c(Cl)c2)cc1. The van der Waals surface area contributed by atoms with Gasteiger partial charge in [0.1, 0.15) is 5.75 Å². The molecule has 0 atom stereocenters. The highest BCUT2D eigenvalue weighted by Crippen LogP contribution is 2.22. The van der Waals surface area contributed by atoms with Crippen molar-refractivity contribution in [2.45, 2.75) is 19.7 Å². The van der Waals surface area contributed by atoms with Crippen molar-refractivity contribution in [1.29, 1.82) is 0 Å². The van der Waals surface area contributed by atoms with Crippen LogP contribution in [-0.4, -0.2) is 6.61 Å². The van der Waals surface area contributed by atoms with E-state index in [4.69, 9.17) is 23.2 Å². The molecule has 21 heavy (non-hydrogen) atoms. The van der Waals surface area contributed by atoms with E-state index < -0.39 is 6.61 Å². The molecule has 0 saturated heterocycles. The molecular weight excluding hydrogens is 319 g/mol. The summed E-state index contributed by atoms with van der Waals surface area (Å²) in [5.74, 6) is 0.151. The van der Waals surface area contributed by atoms with Crippen LogP contribution in [0.4, 0.5) is 8.78 Å². The Kier molecular flexibility index (Phi) is 5.79. The predicted molar refractivity (Wildman–Crippen MR) is 80.1 cm³/mol. The quantitative estimate of drug-likeness (QED) is 0.814. The van der Waals surface area contributed by atoms with Crippen molar-refractivity contribution in [2.24, 2.45) is 0 Å². The van der Waals surface area contributed by atoms with E-state index in [1.54, 1.807) is 24.3 Å². The van der Waals surface area contributed by atoms with Crippen molar-refractivity contribution in [2.75, 3.05) is 0 Å². The molecule has 0 unspecified atom stereocenters. The molecule has 0 heterocycles. The van der Waals surface area contributed by atoms with Gasteiger partial charge in [0.15, 0.2) is 0 Å². The molecule has 2 nitrogen and oxygen atoms in total. The smallest absolute Gasteiger partial charge is 0.387 e. The molecule has 0 aliphatic heterocycles. The van der Waals surface area contributed by atoms with Gasteiger partial charge in [0, 0.05) is 13.1 Å². The molecule has 2 rings (SSSR count). The van der Waals surface area contributed by atoms with Crippen molar-refractivity contribution in [3.05, 3.63) is 63.6 Å². The van der Waals surface area contributed by atoms with Crippen LogP contribution < -0.4 is 10.1 Å². The number of halogens is 4. The second kappa shape index (κ2) is 7.59. The fraction of sp³-hybridized carbons (Fsp3) is 0.200. The highest BCUT2D eigenvalue weighted by atomic mass is 35.5. The zero-order valence-corrected chi connectivity index (χ0v) is 12.5. The lowest BCUT2D eigenvalue weighted by molar-refractivity contribution is -0.0498. The number of alkyl halides is 2. The van der Waals surface area contributed by atoms with E-state index in [1.807, 2.05) is 6.07 Å². The summed E-state index contributed by atoms with van der Waals surface area (Å²) in [6.07, 6.45) is 0. The molecule has 0 aliphatic rings. The van der Waals surface area contributed by atoms with E-state index in [9.17, 15) is 8.78 Å². The molecule has 0 amide bonds. The summed E-state index contributed by atoms with van der Waals surface area (Å²) < 4.78 is 28.3. The zero-order chi connectivity index (χ0) is 15.2. The molecule has 0 radical (unpaired) electrons. The normalized spacial score (nSPS) is 10.9. The predicted octanol–water partition coefficient (Wildman–Crippen LogP) is 4.88. The number of hydrogen-bond acceptors (Lipinski definition) is 2. The molecule has 112 valence electrons. The Morgan fingerprint density at radius 3 is 2.14 bits per heavy atom. The first-order chi connectivity index (χ1) is 10.0. The molecule has 0 fully saturated rings. The minimum absolute atomic E-state index is 0.151. The Labute approximate surface area is 131 Å². The Balaban J connectivity index is 1.84. The van der Waals surface area contributed by atoms with E-state index in [1.165, 1.54) is 12.1 Å². The van der Waals surface area contributed by atoms with E-state index in [-0.39, 0.29) is 5.75 Å². The lowest BCUT2D eigenvalue weighted by Crippen LogP contribution is -2.12. The highest BCUT2D eigenvalue weighted by Gasteiger charge is 2.04. The summed E-state index contributed by atoms with van der Waals surface area (Å²) >= 11 is 11.8. The first-order valence-electron chi connectivity index (χ1n) is 6.23. The zero-order valence-electron chi connectivity index (χ0n) is 11.0. The van der Waals surface area contributed by atoms with Gasteiger partial charge in [0.25, 0.3) is 0 Å². The van der Waals surface area contributed by atoms with Crippen molar-refractivity contribution in [1.82, 2.24) is 5.32 Å². The Morgan fingerprint density at radius 1 is 0.905 bits per heavy atom. The molecule has 1 N–H and O–H groups in total. The molecular formula is C15H13Cl2F2NO. The van der Waals surface area contributed by atoms with Crippen molar-refractivity contribution in [3.8, 4) is 5.75 Å². The molecule has 2 aromatic rings. The second-order valence-electron chi connectivity index (χ2n) is 4.37. The third-order valence-corrected chi connectivity index (χ3v) is 3.53. The second-order valence-corrected chi connectivity index (χ2v) is 5.19. The van der Waals surface area contributed by atoms with Crippen LogP contribution in [-0.2, 0) is 13.1 Å². The average Bonchev–Trinajstić information content (AvgIpc) is 2.44. The lowest BCUT2D eigenvalue weighted by atomic mass is 10.2. The Morgan fingerprint density at radius 2 is 1.52 bits per heavy atom. The van der Waals surface area contributed by atoms with Crippen LogP contribution in [0, 0.1) is 0 Å². The monoisotopic (exact) mass is 331 g/mol. The van der Waals surface area contributed by atoms with E-state index in [0.29, 0.717) is 23.1 Å². The van der Waals surface area contributed by atoms with Gasteiger partial charge in [-0.25, -0.2) is 0 Å². The van der Waals surface area contributed by atoms with Crippen LogP contribution in [0.15, 0.2) is 42.5 Å². The number of nitrogens with one attached hydrogen (secondary N) is 1. The molecule has 0 aromatic heterocycles. The number of rotatable bonds is 6. The maximum absolute atomic E-state index is 12.0. The summed E-state index contributed by atoms with van der Waals surface area (Å²) in [6, 6.07) is 11.9. The topological polar surface area (TPSA) is 21.3 Å². The largest absolute Gasteiger partial charge is 0.435 e. The van der Waals surface area contributed by atoms with Crippen molar-refractivity contribution < 1.29 is 13.5 Å². The first kappa shape index (κ1) is 16.0. The average molecular weight is 332 g/mol. The van der Waals surface area contributed by atoms with E-state index in [2.05, 4.69) is 10.1 Å². The van der Waals surface area contributed by atoms with Crippen molar-refractivity contribution >= 4 is 23.2 Å². The maximum atomic E-state index is 12.0. The van der Waals surface area contributed by atoms with Gasteiger partial charge in [-0.1, -0.05) is 41.4 Å². The molecule has 6 heteroatoms. The summed E-state index contributed by atoms with van der Waals surface area (Å²) in [5.41, 5.74) is 1.98. The molecule has 2 aromatic carbocycles. The van der Waals surface area contributed by atoms with Gasteiger partial charge in [-0.3, -0.25) is 0 Å². The van der Waals surface area contributed by atoms with Crippen LogP contribution in [0.3, 0.4) is 0 Å². The fourth-order valence-electron chi connectivity index (χ4n) is 1.79. The van der Waals surface area contributed by atoms with Crippen LogP contribution >= 0.6 is 23.2 Å². The van der Waals surface area contributed by atoms with Crippen molar-refractivity contribution in [3.63, 3.8) is 0 Å². The standard InChI is InChI=1S/C15H13Cl2F2NO/c16-13-6-3-11(7-14(13)17)9-20-8-10-1-4-12(5-2-10)21-15(18)19/h1-7,15,20H,8-9H2. The van der Waals surface area contributed by atoms with Gasteiger partial charge in [-0.05, 0) is 35.4 Å². The Bertz CT molecular complexity index is 591. The lowest BCUT2D eigenvalue weighted by Gasteiger charge is -2.08. The van der Waals surface area contributed by atoms with Gasteiger partial charge in [0.2, 0.25) is 0 Å².